The van der Waals surface area contributed by atoms with Gasteiger partial charge in [-0.15, -0.1) is 0 Å². The van der Waals surface area contributed by atoms with Crippen molar-refractivity contribution in [3.63, 3.8) is 0 Å². The Morgan fingerprint density at radius 2 is 2.14 bits per heavy atom. The van der Waals surface area contributed by atoms with Crippen LogP contribution in [0.2, 0.25) is 0 Å². The van der Waals surface area contributed by atoms with Gasteiger partial charge < -0.3 is 5.32 Å². The molecule has 1 aliphatic carbocycles. The third kappa shape index (κ3) is 3.64. The molecule has 0 bridgehead atoms. The second-order valence-electron chi connectivity index (χ2n) is 6.60. The molecule has 3 heteroatoms. The Morgan fingerprint density at radius 3 is 2.90 bits per heavy atom. The summed E-state index contributed by atoms with van der Waals surface area (Å²) in [6.07, 6.45) is 6.57. The summed E-state index contributed by atoms with van der Waals surface area (Å²) >= 11 is 0. The summed E-state index contributed by atoms with van der Waals surface area (Å²) in [4.78, 5) is 2.49. The molecule has 1 aromatic carbocycles. The molecule has 0 aromatic heterocycles. The van der Waals surface area contributed by atoms with E-state index in [9.17, 15) is 0 Å². The number of likely N-dealkylation sites (tertiary alicyclic amines) is 1. The van der Waals surface area contributed by atoms with Gasteiger partial charge in [-0.25, -0.2) is 0 Å². The minimum Gasteiger partial charge on any atom is -0.314 e. The second kappa shape index (κ2) is 6.60. The van der Waals surface area contributed by atoms with Crippen LogP contribution in [-0.2, 0) is 0 Å². The second-order valence-corrected chi connectivity index (χ2v) is 6.60. The van der Waals surface area contributed by atoms with Gasteiger partial charge in [0.15, 0.2) is 0 Å². The van der Waals surface area contributed by atoms with Crippen LogP contribution in [0.4, 0.5) is 0 Å². The molecule has 1 saturated heterocycles. The van der Waals surface area contributed by atoms with E-state index in [1.54, 1.807) is 0 Å². The van der Waals surface area contributed by atoms with Crippen molar-refractivity contribution in [2.24, 2.45) is 5.92 Å². The van der Waals surface area contributed by atoms with Gasteiger partial charge in [0, 0.05) is 18.6 Å². The molecule has 1 saturated carbocycles. The highest BCUT2D eigenvalue weighted by molar-refractivity contribution is 5.34. The molecule has 0 radical (unpaired) electrons. The van der Waals surface area contributed by atoms with Gasteiger partial charge in [-0.1, -0.05) is 18.6 Å². The van der Waals surface area contributed by atoms with E-state index >= 15 is 0 Å². The minimum absolute atomic E-state index is 0.437. The number of hydrogen-bond acceptors (Lipinski definition) is 3. The third-order valence-corrected chi connectivity index (χ3v) is 4.86. The molecule has 1 heterocycles. The zero-order chi connectivity index (χ0) is 14.7. The van der Waals surface area contributed by atoms with E-state index in [2.05, 4.69) is 35.5 Å². The van der Waals surface area contributed by atoms with Gasteiger partial charge in [-0.05, 0) is 62.9 Å². The molecular formula is C18H25N3. The highest BCUT2D eigenvalue weighted by Crippen LogP contribution is 2.34. The largest absolute Gasteiger partial charge is 0.314 e. The maximum absolute atomic E-state index is 9.16. The molecule has 1 aromatic rings. The van der Waals surface area contributed by atoms with Crippen molar-refractivity contribution in [3.05, 3.63) is 35.4 Å². The Balaban J connectivity index is 1.82. The summed E-state index contributed by atoms with van der Waals surface area (Å²) in [7, 11) is 2.24. The molecule has 2 aliphatic rings. The maximum Gasteiger partial charge on any atom is 0.0991 e. The highest BCUT2D eigenvalue weighted by atomic mass is 15.1. The lowest BCUT2D eigenvalue weighted by molar-refractivity contribution is 0.189. The zero-order valence-corrected chi connectivity index (χ0v) is 12.9. The van der Waals surface area contributed by atoms with E-state index in [1.807, 2.05) is 12.1 Å². The Hall–Kier alpha value is -1.37. The molecule has 2 fully saturated rings. The summed E-state index contributed by atoms with van der Waals surface area (Å²) in [6.45, 7) is 2.26. The fourth-order valence-corrected chi connectivity index (χ4v) is 3.56. The van der Waals surface area contributed by atoms with Crippen LogP contribution in [0, 0.1) is 17.2 Å². The molecule has 112 valence electrons. The molecule has 3 nitrogen and oxygen atoms in total. The first-order valence-corrected chi connectivity index (χ1v) is 8.21. The fourth-order valence-electron chi connectivity index (χ4n) is 3.56. The van der Waals surface area contributed by atoms with E-state index in [0.29, 0.717) is 12.0 Å². The highest BCUT2D eigenvalue weighted by Gasteiger charge is 2.30. The van der Waals surface area contributed by atoms with Crippen molar-refractivity contribution in [3.8, 4) is 6.07 Å². The average Bonchev–Trinajstić information content (AvgIpc) is 3.33. The predicted molar refractivity (Wildman–Crippen MR) is 84.9 cm³/mol. The zero-order valence-electron chi connectivity index (χ0n) is 12.9. The lowest BCUT2D eigenvalue weighted by Gasteiger charge is -2.33. The average molecular weight is 283 g/mol. The predicted octanol–water partition coefficient (Wildman–Crippen LogP) is 3.08. The number of nitrogens with zero attached hydrogens (tertiary/aromatic N) is 2. The van der Waals surface area contributed by atoms with Gasteiger partial charge in [-0.3, -0.25) is 4.90 Å². The summed E-state index contributed by atoms with van der Waals surface area (Å²) in [5.41, 5.74) is 2.08. The third-order valence-electron chi connectivity index (χ3n) is 4.86. The summed E-state index contributed by atoms with van der Waals surface area (Å²) < 4.78 is 0. The molecule has 2 unspecified atom stereocenters. The van der Waals surface area contributed by atoms with Gasteiger partial charge in [0.25, 0.3) is 0 Å². The van der Waals surface area contributed by atoms with E-state index < -0.39 is 0 Å². The van der Waals surface area contributed by atoms with Gasteiger partial charge in [0.2, 0.25) is 0 Å². The molecule has 2 atom stereocenters. The van der Waals surface area contributed by atoms with Crippen molar-refractivity contribution in [1.82, 2.24) is 10.2 Å². The van der Waals surface area contributed by atoms with E-state index in [1.165, 1.54) is 37.7 Å². The van der Waals surface area contributed by atoms with E-state index in [4.69, 9.17) is 5.26 Å². The first-order chi connectivity index (χ1) is 10.3. The topological polar surface area (TPSA) is 39.1 Å². The monoisotopic (exact) mass is 283 g/mol. The number of nitrogens with one attached hydrogen (secondary N) is 1. The number of hydrogen-bond donors (Lipinski definition) is 1. The van der Waals surface area contributed by atoms with Crippen LogP contribution in [0.25, 0.3) is 0 Å². The first kappa shape index (κ1) is 14.6. The van der Waals surface area contributed by atoms with E-state index in [-0.39, 0.29) is 0 Å². The Morgan fingerprint density at radius 1 is 1.29 bits per heavy atom. The standard InChI is InChI=1S/C18H25N3/c1-21-10-3-2-6-16(13-20-17-8-9-17)18(21)15-7-4-5-14(11-15)12-19/h4-5,7,11,16-18,20H,2-3,6,8-10,13H2,1H3. The summed E-state index contributed by atoms with van der Waals surface area (Å²) in [6, 6.07) is 11.7. The van der Waals surface area contributed by atoms with Gasteiger partial charge in [0.1, 0.15) is 0 Å². The van der Waals surface area contributed by atoms with Crippen molar-refractivity contribution in [2.75, 3.05) is 20.1 Å². The number of rotatable bonds is 4. The molecular weight excluding hydrogens is 258 g/mol. The van der Waals surface area contributed by atoms with E-state index in [0.717, 1.165) is 24.7 Å². The van der Waals surface area contributed by atoms with Crippen molar-refractivity contribution in [2.45, 2.75) is 44.2 Å². The summed E-state index contributed by atoms with van der Waals surface area (Å²) in [5, 5.41) is 12.9. The lowest BCUT2D eigenvalue weighted by Crippen LogP contribution is -2.35. The molecule has 0 amide bonds. The summed E-state index contributed by atoms with van der Waals surface area (Å²) in [5.74, 6) is 0.645. The van der Waals surface area contributed by atoms with Crippen LogP contribution in [0.5, 0.6) is 0 Å². The molecule has 1 aliphatic heterocycles. The quantitative estimate of drug-likeness (QED) is 0.923. The number of benzene rings is 1. The van der Waals surface area contributed by atoms with Crippen LogP contribution < -0.4 is 5.32 Å². The van der Waals surface area contributed by atoms with Crippen LogP contribution in [-0.4, -0.2) is 31.1 Å². The van der Waals surface area contributed by atoms with Crippen LogP contribution >= 0.6 is 0 Å². The van der Waals surface area contributed by atoms with Gasteiger partial charge in [0.05, 0.1) is 11.6 Å². The SMILES string of the molecule is CN1CCCCC(CNC2CC2)C1c1cccc(C#N)c1. The molecule has 1 N–H and O–H groups in total. The lowest BCUT2D eigenvalue weighted by atomic mass is 9.88. The fraction of sp³-hybridized carbons (Fsp3) is 0.611. The molecule has 3 rings (SSSR count). The minimum atomic E-state index is 0.437. The van der Waals surface area contributed by atoms with Gasteiger partial charge >= 0.3 is 0 Å². The normalized spacial score (nSPS) is 27.0. The Bertz CT molecular complexity index is 515. The van der Waals surface area contributed by atoms with Crippen molar-refractivity contribution in [1.29, 1.82) is 5.26 Å². The Kier molecular flexibility index (Phi) is 4.57. The van der Waals surface area contributed by atoms with Crippen molar-refractivity contribution >= 4 is 0 Å². The Labute approximate surface area is 128 Å². The van der Waals surface area contributed by atoms with Crippen LogP contribution in [0.3, 0.4) is 0 Å². The number of nitriles is 1. The molecule has 0 spiro atoms. The smallest absolute Gasteiger partial charge is 0.0991 e. The molecule has 21 heavy (non-hydrogen) atoms. The van der Waals surface area contributed by atoms with Crippen LogP contribution in [0.1, 0.15) is 49.3 Å². The van der Waals surface area contributed by atoms with Gasteiger partial charge in [-0.2, -0.15) is 5.26 Å². The van der Waals surface area contributed by atoms with Crippen LogP contribution in [0.15, 0.2) is 24.3 Å². The van der Waals surface area contributed by atoms with Crippen molar-refractivity contribution < 1.29 is 0 Å². The first-order valence-electron chi connectivity index (χ1n) is 8.21. The maximum atomic E-state index is 9.16.